The summed E-state index contributed by atoms with van der Waals surface area (Å²) in [6.45, 7) is -1.46. The molecule has 0 aromatic carbocycles. The van der Waals surface area contributed by atoms with Gasteiger partial charge in [-0.15, -0.1) is 0 Å². The van der Waals surface area contributed by atoms with Crippen LogP contribution in [0.3, 0.4) is 0 Å². The molecular formula is C10H17F3N2O2. The van der Waals surface area contributed by atoms with Crippen LogP contribution in [0.25, 0.3) is 0 Å². The summed E-state index contributed by atoms with van der Waals surface area (Å²) in [6, 6.07) is 0.0140. The van der Waals surface area contributed by atoms with Crippen molar-refractivity contribution >= 4 is 5.91 Å². The van der Waals surface area contributed by atoms with Crippen LogP contribution in [0.2, 0.25) is 0 Å². The van der Waals surface area contributed by atoms with Gasteiger partial charge in [-0.2, -0.15) is 13.2 Å². The van der Waals surface area contributed by atoms with Crippen molar-refractivity contribution in [3.63, 3.8) is 0 Å². The van der Waals surface area contributed by atoms with Gasteiger partial charge in [0.15, 0.2) is 0 Å². The summed E-state index contributed by atoms with van der Waals surface area (Å²) >= 11 is 0. The van der Waals surface area contributed by atoms with Gasteiger partial charge in [0.2, 0.25) is 5.91 Å². The zero-order valence-corrected chi connectivity index (χ0v) is 9.64. The van der Waals surface area contributed by atoms with E-state index in [0.29, 0.717) is 0 Å². The normalized spacial score (nSPS) is 24.9. The van der Waals surface area contributed by atoms with Crippen molar-refractivity contribution in [2.45, 2.75) is 37.6 Å². The highest BCUT2D eigenvalue weighted by Gasteiger charge is 2.28. The number of halogens is 3. The van der Waals surface area contributed by atoms with Crippen LogP contribution in [0.15, 0.2) is 0 Å². The summed E-state index contributed by atoms with van der Waals surface area (Å²) in [7, 11) is 1.61. The van der Waals surface area contributed by atoms with Crippen LogP contribution in [0.5, 0.6) is 0 Å². The molecule has 1 fully saturated rings. The van der Waals surface area contributed by atoms with Gasteiger partial charge in [-0.25, -0.2) is 0 Å². The molecule has 7 heteroatoms. The highest BCUT2D eigenvalue weighted by atomic mass is 19.4. The third-order valence-electron chi connectivity index (χ3n) is 2.69. The van der Waals surface area contributed by atoms with Crippen LogP contribution in [-0.2, 0) is 9.53 Å². The summed E-state index contributed by atoms with van der Waals surface area (Å²) in [5, 5.41) is 4.74. The van der Waals surface area contributed by atoms with E-state index in [9.17, 15) is 18.0 Å². The third-order valence-corrected chi connectivity index (χ3v) is 2.69. The first-order chi connectivity index (χ1) is 7.90. The first-order valence-electron chi connectivity index (χ1n) is 5.50. The summed E-state index contributed by atoms with van der Waals surface area (Å²) in [6.07, 6.45) is -1.74. The molecule has 2 unspecified atom stereocenters. The van der Waals surface area contributed by atoms with Crippen LogP contribution in [0.4, 0.5) is 13.2 Å². The number of nitrogens with one attached hydrogen (secondary N) is 2. The maximum absolute atomic E-state index is 11.8. The van der Waals surface area contributed by atoms with E-state index in [2.05, 4.69) is 10.6 Å². The molecule has 0 saturated heterocycles. The molecule has 1 aliphatic rings. The van der Waals surface area contributed by atoms with Gasteiger partial charge in [-0.05, 0) is 19.3 Å². The number of hydrogen-bond acceptors (Lipinski definition) is 3. The van der Waals surface area contributed by atoms with Crippen LogP contribution < -0.4 is 10.6 Å². The molecule has 100 valence electrons. The summed E-state index contributed by atoms with van der Waals surface area (Å²) < 4.78 is 40.5. The molecular weight excluding hydrogens is 237 g/mol. The average molecular weight is 254 g/mol. The molecule has 1 saturated carbocycles. The van der Waals surface area contributed by atoms with Gasteiger partial charge in [-0.3, -0.25) is 4.79 Å². The lowest BCUT2D eigenvalue weighted by Crippen LogP contribution is -2.41. The van der Waals surface area contributed by atoms with Crippen LogP contribution >= 0.6 is 0 Å². The van der Waals surface area contributed by atoms with E-state index in [4.69, 9.17) is 4.74 Å². The van der Waals surface area contributed by atoms with E-state index in [1.165, 1.54) is 0 Å². The summed E-state index contributed by atoms with van der Waals surface area (Å²) in [4.78, 5) is 11.3. The Kier molecular flexibility index (Phi) is 5.20. The lowest BCUT2D eigenvalue weighted by Gasteiger charge is -2.13. The predicted octanol–water partition coefficient (Wildman–Crippen LogP) is 0.822. The van der Waals surface area contributed by atoms with Crippen molar-refractivity contribution in [2.75, 3.05) is 20.2 Å². The minimum atomic E-state index is -4.28. The Hall–Kier alpha value is -0.820. The zero-order valence-electron chi connectivity index (χ0n) is 9.64. The molecule has 0 spiro atoms. The van der Waals surface area contributed by atoms with E-state index < -0.39 is 18.6 Å². The van der Waals surface area contributed by atoms with Crippen molar-refractivity contribution in [3.8, 4) is 0 Å². The van der Waals surface area contributed by atoms with Gasteiger partial charge in [0, 0.05) is 13.2 Å². The van der Waals surface area contributed by atoms with E-state index in [1.807, 2.05) is 0 Å². The Morgan fingerprint density at radius 3 is 2.65 bits per heavy atom. The molecule has 2 atom stereocenters. The molecule has 4 nitrogen and oxygen atoms in total. The Labute approximate surface area is 97.9 Å². The number of hydrogen-bond donors (Lipinski definition) is 2. The topological polar surface area (TPSA) is 50.4 Å². The molecule has 0 bridgehead atoms. The fourth-order valence-electron chi connectivity index (χ4n) is 1.88. The minimum Gasteiger partial charge on any atom is -0.381 e. The van der Waals surface area contributed by atoms with Gasteiger partial charge in [0.25, 0.3) is 0 Å². The fraction of sp³-hybridized carbons (Fsp3) is 0.900. The van der Waals surface area contributed by atoms with E-state index in [1.54, 1.807) is 7.11 Å². The second kappa shape index (κ2) is 6.20. The number of ether oxygens (including phenoxy) is 1. The second-order valence-electron chi connectivity index (χ2n) is 4.15. The number of alkyl halides is 3. The molecule has 17 heavy (non-hydrogen) atoms. The van der Waals surface area contributed by atoms with Crippen molar-refractivity contribution in [2.24, 2.45) is 0 Å². The molecule has 0 heterocycles. The fourth-order valence-corrected chi connectivity index (χ4v) is 1.88. The number of rotatable bonds is 5. The highest BCUT2D eigenvalue weighted by molar-refractivity contribution is 5.78. The van der Waals surface area contributed by atoms with E-state index >= 15 is 0 Å². The molecule has 2 N–H and O–H groups in total. The maximum Gasteiger partial charge on any atom is 0.401 e. The van der Waals surface area contributed by atoms with Crippen molar-refractivity contribution in [1.82, 2.24) is 10.6 Å². The van der Waals surface area contributed by atoms with E-state index in [0.717, 1.165) is 19.3 Å². The third kappa shape index (κ3) is 5.88. The SMILES string of the molecule is COC1CCC(NC(=O)CNCC(F)(F)F)C1. The van der Waals surface area contributed by atoms with Crippen molar-refractivity contribution in [1.29, 1.82) is 0 Å². The smallest absolute Gasteiger partial charge is 0.381 e. The number of carbonyl (C=O) groups excluding carboxylic acids is 1. The molecule has 0 aromatic heterocycles. The van der Waals surface area contributed by atoms with Crippen molar-refractivity contribution < 1.29 is 22.7 Å². The second-order valence-corrected chi connectivity index (χ2v) is 4.15. The number of amides is 1. The summed E-state index contributed by atoms with van der Waals surface area (Å²) in [5.74, 6) is -0.406. The molecule has 1 aliphatic carbocycles. The summed E-state index contributed by atoms with van der Waals surface area (Å²) in [5.41, 5.74) is 0. The van der Waals surface area contributed by atoms with Crippen LogP contribution in [0, 0.1) is 0 Å². The molecule has 0 aliphatic heterocycles. The molecule has 1 rings (SSSR count). The highest BCUT2D eigenvalue weighted by Crippen LogP contribution is 2.21. The van der Waals surface area contributed by atoms with Crippen LogP contribution in [-0.4, -0.2) is 44.4 Å². The lowest BCUT2D eigenvalue weighted by molar-refractivity contribution is -0.128. The quantitative estimate of drug-likeness (QED) is 0.763. The van der Waals surface area contributed by atoms with Gasteiger partial charge >= 0.3 is 6.18 Å². The zero-order chi connectivity index (χ0) is 12.9. The van der Waals surface area contributed by atoms with Gasteiger partial charge in [-0.1, -0.05) is 0 Å². The van der Waals surface area contributed by atoms with Crippen molar-refractivity contribution in [3.05, 3.63) is 0 Å². The standard InChI is InChI=1S/C10H17F3N2O2/c1-17-8-3-2-7(4-8)15-9(16)5-14-6-10(11,12)13/h7-8,14H,2-6H2,1H3,(H,15,16). The van der Waals surface area contributed by atoms with Gasteiger partial charge in [0.1, 0.15) is 0 Å². The lowest BCUT2D eigenvalue weighted by atomic mass is 10.2. The molecule has 0 aromatic rings. The molecule has 0 radical (unpaired) electrons. The Balaban J connectivity index is 2.13. The first kappa shape index (κ1) is 14.2. The van der Waals surface area contributed by atoms with Crippen LogP contribution in [0.1, 0.15) is 19.3 Å². The predicted molar refractivity (Wildman–Crippen MR) is 55.5 cm³/mol. The van der Waals surface area contributed by atoms with Gasteiger partial charge in [0.05, 0.1) is 19.2 Å². The Morgan fingerprint density at radius 2 is 2.12 bits per heavy atom. The number of methoxy groups -OCH3 is 1. The first-order valence-corrected chi connectivity index (χ1v) is 5.50. The minimum absolute atomic E-state index is 0.0140. The maximum atomic E-state index is 11.8. The molecule has 1 amide bonds. The van der Waals surface area contributed by atoms with Gasteiger partial charge < -0.3 is 15.4 Å². The average Bonchev–Trinajstić information content (AvgIpc) is 2.63. The van der Waals surface area contributed by atoms with E-state index in [-0.39, 0.29) is 18.7 Å². The monoisotopic (exact) mass is 254 g/mol. The Bertz CT molecular complexity index is 258. The largest absolute Gasteiger partial charge is 0.401 e. The number of carbonyl (C=O) groups is 1. The Morgan fingerprint density at radius 1 is 1.41 bits per heavy atom.